The highest BCUT2D eigenvalue weighted by Crippen LogP contribution is 2.23. The van der Waals surface area contributed by atoms with Gasteiger partial charge in [-0.3, -0.25) is 0 Å². The molecule has 0 aliphatic heterocycles. The summed E-state index contributed by atoms with van der Waals surface area (Å²) in [6.45, 7) is 8.23. The van der Waals surface area contributed by atoms with Gasteiger partial charge < -0.3 is 18.6 Å². The first-order valence-electron chi connectivity index (χ1n) is 5.95. The monoisotopic (exact) mass is 247 g/mol. The van der Waals surface area contributed by atoms with Crippen molar-refractivity contribution in [3.05, 3.63) is 0 Å². The van der Waals surface area contributed by atoms with Crippen LogP contribution in [0.15, 0.2) is 0 Å². The van der Waals surface area contributed by atoms with Crippen molar-refractivity contribution < 1.29 is 18.6 Å². The largest absolute Gasteiger partial charge is 0.419 e. The minimum atomic E-state index is -0.871. The molecular formula is C11H23O4Si. The Kier molecular flexibility index (Phi) is 10.3. The Hall–Kier alpha value is 0.0569. The standard InChI is InChI=1S/C11H23O4Si/c1-4-12-11(13-5-2,14-6-3)9-7-8-10-15-16/h4-10H2,1-3H3. The fourth-order valence-corrected chi connectivity index (χ4v) is 1.66. The predicted octanol–water partition coefficient (Wildman–Crippen LogP) is 2.02. The molecule has 0 aliphatic carbocycles. The number of hydrogen-bond donors (Lipinski definition) is 0. The van der Waals surface area contributed by atoms with E-state index in [1.54, 1.807) is 0 Å². The summed E-state index contributed by atoms with van der Waals surface area (Å²) in [6, 6.07) is 0. The number of hydrogen-bond acceptors (Lipinski definition) is 4. The second-order valence-corrected chi connectivity index (χ2v) is 3.58. The van der Waals surface area contributed by atoms with Gasteiger partial charge in [0.05, 0.1) is 0 Å². The molecule has 0 amide bonds. The Morgan fingerprint density at radius 1 is 0.875 bits per heavy atom. The Morgan fingerprint density at radius 2 is 1.38 bits per heavy atom. The van der Waals surface area contributed by atoms with E-state index in [1.165, 1.54) is 0 Å². The summed E-state index contributed by atoms with van der Waals surface area (Å²) < 4.78 is 21.6. The molecule has 0 heterocycles. The van der Waals surface area contributed by atoms with Gasteiger partial charge in [0.25, 0.3) is 5.97 Å². The van der Waals surface area contributed by atoms with E-state index in [0.717, 1.165) is 19.3 Å². The molecule has 0 spiro atoms. The van der Waals surface area contributed by atoms with E-state index in [4.69, 9.17) is 18.6 Å². The zero-order valence-electron chi connectivity index (χ0n) is 10.6. The molecule has 0 aromatic carbocycles. The van der Waals surface area contributed by atoms with Gasteiger partial charge in [0.1, 0.15) is 0 Å². The highest BCUT2D eigenvalue weighted by molar-refractivity contribution is 5.97. The van der Waals surface area contributed by atoms with Gasteiger partial charge in [-0.2, -0.15) is 0 Å². The molecule has 0 rings (SSSR count). The van der Waals surface area contributed by atoms with Gasteiger partial charge in [-0.1, -0.05) is 0 Å². The molecular weight excluding hydrogens is 224 g/mol. The molecule has 0 aliphatic rings. The maximum Gasteiger partial charge on any atom is 0.282 e. The number of rotatable bonds is 11. The van der Waals surface area contributed by atoms with E-state index in [-0.39, 0.29) is 0 Å². The van der Waals surface area contributed by atoms with Gasteiger partial charge in [-0.25, -0.2) is 0 Å². The van der Waals surface area contributed by atoms with E-state index in [9.17, 15) is 0 Å². The lowest BCUT2D eigenvalue weighted by Gasteiger charge is -2.32. The molecule has 0 fully saturated rings. The lowest BCUT2D eigenvalue weighted by Crippen LogP contribution is -2.39. The summed E-state index contributed by atoms with van der Waals surface area (Å²) in [5.41, 5.74) is 0. The summed E-state index contributed by atoms with van der Waals surface area (Å²) in [5.74, 6) is -0.871. The van der Waals surface area contributed by atoms with E-state index >= 15 is 0 Å². The molecule has 16 heavy (non-hydrogen) atoms. The molecule has 4 nitrogen and oxygen atoms in total. The third kappa shape index (κ3) is 6.60. The molecule has 0 unspecified atom stereocenters. The number of ether oxygens (including phenoxy) is 3. The first kappa shape index (κ1) is 16.1. The molecule has 0 aromatic heterocycles. The van der Waals surface area contributed by atoms with Crippen LogP contribution in [0.1, 0.15) is 40.0 Å². The molecule has 0 saturated heterocycles. The lowest BCUT2D eigenvalue weighted by molar-refractivity contribution is -0.380. The van der Waals surface area contributed by atoms with Crippen LogP contribution >= 0.6 is 0 Å². The second-order valence-electron chi connectivity index (χ2n) is 3.29. The van der Waals surface area contributed by atoms with Gasteiger partial charge in [0.2, 0.25) is 10.5 Å². The molecule has 3 radical (unpaired) electrons. The fraction of sp³-hybridized carbons (Fsp3) is 1.00. The van der Waals surface area contributed by atoms with Crippen molar-refractivity contribution >= 4 is 10.5 Å². The topological polar surface area (TPSA) is 36.9 Å². The Balaban J connectivity index is 4.12. The smallest absolute Gasteiger partial charge is 0.282 e. The van der Waals surface area contributed by atoms with E-state index in [0.29, 0.717) is 26.4 Å². The maximum absolute atomic E-state index is 5.59. The van der Waals surface area contributed by atoms with Crippen LogP contribution in [-0.2, 0) is 18.6 Å². The Morgan fingerprint density at radius 3 is 1.75 bits per heavy atom. The quantitative estimate of drug-likeness (QED) is 0.318. The lowest BCUT2D eigenvalue weighted by atomic mass is 10.2. The van der Waals surface area contributed by atoms with Crippen molar-refractivity contribution in [3.63, 3.8) is 0 Å². The summed E-state index contributed by atoms with van der Waals surface area (Å²) >= 11 is 0. The molecule has 0 bridgehead atoms. The zero-order valence-corrected chi connectivity index (χ0v) is 11.6. The SMILES string of the molecule is CCOC(CCCCO[Si])(OCC)OCC. The Labute approximate surface area is 102 Å². The van der Waals surface area contributed by atoms with Crippen molar-refractivity contribution in [2.24, 2.45) is 0 Å². The first-order valence-corrected chi connectivity index (χ1v) is 6.35. The first-order chi connectivity index (χ1) is 7.74. The molecule has 0 saturated carbocycles. The average molecular weight is 247 g/mol. The van der Waals surface area contributed by atoms with Gasteiger partial charge in [0.15, 0.2) is 0 Å². The molecule has 0 N–H and O–H groups in total. The van der Waals surface area contributed by atoms with E-state index in [1.807, 2.05) is 20.8 Å². The van der Waals surface area contributed by atoms with Crippen molar-refractivity contribution in [1.82, 2.24) is 0 Å². The van der Waals surface area contributed by atoms with Crippen LogP contribution in [0.5, 0.6) is 0 Å². The average Bonchev–Trinajstić information content (AvgIpc) is 2.26. The summed E-state index contributed by atoms with van der Waals surface area (Å²) in [7, 11) is 2.97. The summed E-state index contributed by atoms with van der Waals surface area (Å²) in [6.07, 6.45) is 2.60. The molecule has 95 valence electrons. The van der Waals surface area contributed by atoms with E-state index in [2.05, 4.69) is 10.5 Å². The van der Waals surface area contributed by atoms with Crippen molar-refractivity contribution in [2.75, 3.05) is 26.4 Å². The van der Waals surface area contributed by atoms with Gasteiger partial charge in [0, 0.05) is 32.8 Å². The van der Waals surface area contributed by atoms with Crippen LogP contribution in [0.4, 0.5) is 0 Å². The van der Waals surface area contributed by atoms with Crippen LogP contribution in [0.2, 0.25) is 0 Å². The van der Waals surface area contributed by atoms with Crippen LogP contribution in [0.25, 0.3) is 0 Å². The normalized spacial score (nSPS) is 12.0. The highest BCUT2D eigenvalue weighted by Gasteiger charge is 2.31. The zero-order chi connectivity index (χ0) is 12.3. The second kappa shape index (κ2) is 10.2. The van der Waals surface area contributed by atoms with Crippen LogP contribution < -0.4 is 0 Å². The van der Waals surface area contributed by atoms with Crippen molar-refractivity contribution in [2.45, 2.75) is 46.0 Å². The molecule has 5 heteroatoms. The number of unbranched alkanes of at least 4 members (excludes halogenated alkanes) is 1. The van der Waals surface area contributed by atoms with Crippen LogP contribution in [0.3, 0.4) is 0 Å². The minimum absolute atomic E-state index is 0.578. The predicted molar refractivity (Wildman–Crippen MR) is 63.2 cm³/mol. The van der Waals surface area contributed by atoms with Crippen molar-refractivity contribution in [1.29, 1.82) is 0 Å². The third-order valence-electron chi connectivity index (χ3n) is 2.07. The third-order valence-corrected chi connectivity index (χ3v) is 2.28. The molecule has 0 atom stereocenters. The molecule has 0 aromatic rings. The van der Waals surface area contributed by atoms with Gasteiger partial charge in [-0.15, -0.1) is 0 Å². The summed E-state index contributed by atoms with van der Waals surface area (Å²) in [5, 5.41) is 0. The summed E-state index contributed by atoms with van der Waals surface area (Å²) in [4.78, 5) is 0. The minimum Gasteiger partial charge on any atom is -0.419 e. The fourth-order valence-electron chi connectivity index (χ4n) is 1.52. The van der Waals surface area contributed by atoms with Gasteiger partial charge >= 0.3 is 0 Å². The highest BCUT2D eigenvalue weighted by atomic mass is 28.2. The van der Waals surface area contributed by atoms with Crippen LogP contribution in [0, 0.1) is 0 Å². The van der Waals surface area contributed by atoms with Crippen molar-refractivity contribution in [3.8, 4) is 0 Å². The Bertz CT molecular complexity index is 138. The van der Waals surface area contributed by atoms with E-state index < -0.39 is 5.97 Å². The van der Waals surface area contributed by atoms with Crippen LogP contribution in [-0.4, -0.2) is 42.9 Å². The van der Waals surface area contributed by atoms with Gasteiger partial charge in [-0.05, 0) is 33.6 Å². The maximum atomic E-state index is 5.59.